The Bertz CT molecular complexity index is 2750. The molecule has 0 aliphatic carbocycles. The van der Waals surface area contributed by atoms with Gasteiger partial charge in [-0.1, -0.05) is 19.1 Å². The Labute approximate surface area is 369 Å². The highest BCUT2D eigenvalue weighted by Gasteiger charge is 2.26. The predicted molar refractivity (Wildman–Crippen MR) is 236 cm³/mol. The Kier molecular flexibility index (Phi) is 13.9. The van der Waals surface area contributed by atoms with Gasteiger partial charge in [0.15, 0.2) is 11.5 Å². The first-order valence-electron chi connectivity index (χ1n) is 20.3. The molecule has 1 fully saturated rings. The van der Waals surface area contributed by atoms with Gasteiger partial charge in [-0.05, 0) is 64.1 Å². The van der Waals surface area contributed by atoms with E-state index in [1.807, 2.05) is 13.8 Å². The summed E-state index contributed by atoms with van der Waals surface area (Å²) in [5.74, 6) is -3.84. The van der Waals surface area contributed by atoms with Gasteiger partial charge in [0.05, 0.1) is 63.9 Å². The lowest BCUT2D eigenvalue weighted by molar-refractivity contribution is 0.0358. The summed E-state index contributed by atoms with van der Waals surface area (Å²) < 4.78 is 31.6. The number of halogens is 1. The fraction of sp³-hybridized carbons (Fsp3) is 0.381. The summed E-state index contributed by atoms with van der Waals surface area (Å²) in [6.45, 7) is 11.4. The molecule has 7 rings (SSSR count). The smallest absolute Gasteiger partial charge is 0.335 e. The number of amides is 2. The number of aryl methyl sites for hydroxylation is 4. The van der Waals surface area contributed by atoms with Gasteiger partial charge in [-0.25, -0.2) is 28.9 Å². The zero-order valence-electron chi connectivity index (χ0n) is 35.4. The molecule has 2 amide bonds. The number of fused-ring (bicyclic) bond motifs is 2. The number of rotatable bonds is 18. The van der Waals surface area contributed by atoms with Crippen LogP contribution in [0.25, 0.3) is 22.1 Å². The number of imidazole rings is 2. The van der Waals surface area contributed by atoms with Crippen molar-refractivity contribution in [1.29, 1.82) is 0 Å². The number of carboxylic acids is 2. The van der Waals surface area contributed by atoms with E-state index in [-0.39, 0.29) is 71.9 Å². The number of allylic oxidation sites excluding steroid dienone is 2. The highest BCUT2D eigenvalue weighted by molar-refractivity contribution is 7.98. The van der Waals surface area contributed by atoms with Crippen LogP contribution in [0.3, 0.4) is 0 Å². The van der Waals surface area contributed by atoms with Crippen LogP contribution in [-0.2, 0) is 30.8 Å². The van der Waals surface area contributed by atoms with E-state index in [4.69, 9.17) is 14.5 Å². The van der Waals surface area contributed by atoms with Crippen molar-refractivity contribution in [3.05, 3.63) is 80.3 Å². The first-order chi connectivity index (χ1) is 30.3. The maximum atomic E-state index is 15.2. The van der Waals surface area contributed by atoms with Gasteiger partial charge in [0, 0.05) is 44.2 Å². The molecule has 1 aliphatic heterocycles. The molecule has 0 atom stereocenters. The van der Waals surface area contributed by atoms with Crippen molar-refractivity contribution in [2.45, 2.75) is 65.1 Å². The van der Waals surface area contributed by atoms with Gasteiger partial charge >= 0.3 is 11.9 Å². The van der Waals surface area contributed by atoms with Crippen molar-refractivity contribution in [3.8, 4) is 5.75 Å². The number of morpholine rings is 1. The number of thioether (sulfide) groups is 1. The lowest BCUT2D eigenvalue weighted by atomic mass is 10.2. The van der Waals surface area contributed by atoms with Crippen LogP contribution in [0.2, 0.25) is 0 Å². The molecule has 2 aromatic carbocycles. The molecular formula is C42H47FN10O8S2. The molecule has 0 spiro atoms. The van der Waals surface area contributed by atoms with Crippen LogP contribution in [0.5, 0.6) is 5.75 Å². The number of hydrogen-bond acceptors (Lipinski definition) is 13. The molecule has 5 heterocycles. The quantitative estimate of drug-likeness (QED) is 0.0419. The number of carbonyl (C=O) groups is 4. The number of benzene rings is 2. The summed E-state index contributed by atoms with van der Waals surface area (Å²) in [5.41, 5.74) is 1.97. The SMILES string of the molecule is CCc1nc(C)sc1C(=O)Nc1nc2cc(C(=O)O)cc(OCCCN3CCOCC3)c2n1C/C=C/Cn1c(NC(=O)c2c(F)c(C)nn2CC)nc2cc(C(=O)O)cc(SC)c21. The van der Waals surface area contributed by atoms with Crippen LogP contribution in [0.1, 0.15) is 77.5 Å². The lowest BCUT2D eigenvalue weighted by Gasteiger charge is -2.26. The van der Waals surface area contributed by atoms with Crippen LogP contribution in [-0.4, -0.2) is 118 Å². The van der Waals surface area contributed by atoms with Crippen LogP contribution < -0.4 is 15.4 Å². The second kappa shape index (κ2) is 19.5. The van der Waals surface area contributed by atoms with Crippen molar-refractivity contribution in [2.24, 2.45) is 0 Å². The first-order valence-corrected chi connectivity index (χ1v) is 22.3. The topological polar surface area (TPSA) is 221 Å². The molecule has 18 nitrogen and oxygen atoms in total. The highest BCUT2D eigenvalue weighted by Crippen LogP contribution is 2.34. The van der Waals surface area contributed by atoms with Gasteiger partial charge < -0.3 is 28.8 Å². The third kappa shape index (κ3) is 9.60. The molecular weight excluding hydrogens is 856 g/mol. The van der Waals surface area contributed by atoms with Crippen LogP contribution in [0.15, 0.2) is 41.3 Å². The number of ether oxygens (including phenoxy) is 2. The van der Waals surface area contributed by atoms with Crippen molar-refractivity contribution in [3.63, 3.8) is 0 Å². The molecule has 1 aliphatic rings. The molecule has 0 saturated carbocycles. The van der Waals surface area contributed by atoms with Crippen LogP contribution in [0, 0.1) is 19.7 Å². The average molecular weight is 903 g/mol. The van der Waals surface area contributed by atoms with Crippen molar-refractivity contribution in [2.75, 3.05) is 56.3 Å². The molecule has 1 saturated heterocycles. The van der Waals surface area contributed by atoms with Gasteiger partial charge in [0.2, 0.25) is 11.9 Å². The lowest BCUT2D eigenvalue weighted by Crippen LogP contribution is -2.37. The standard InChI is InChI=1S/C42H47FN10O8S2/c1-6-27-36(63-24(4)44-27)38(55)48-42-45-28-19-25(39(56)57)21-30(61-16-10-11-50-14-17-60-18-15-50)33(28)51(42)12-8-9-13-52-34-29(20-26(40(58)59)22-31(34)62-5)46-41(52)47-37(54)35-32(43)23(3)49-53(35)7-2/h8-9,19-22H,6-7,10-18H2,1-5H3,(H,56,57)(H,58,59)(H,45,48,55)(H,46,47,54)/b9-8+. The number of carboxylic acid groups (broad SMARTS) is 2. The van der Waals surface area contributed by atoms with Crippen molar-refractivity contribution < 1.29 is 43.3 Å². The Morgan fingerprint density at radius 2 is 1.52 bits per heavy atom. The zero-order valence-corrected chi connectivity index (χ0v) is 37.0. The largest absolute Gasteiger partial charge is 0.491 e. The van der Waals surface area contributed by atoms with E-state index in [0.29, 0.717) is 58.1 Å². The average Bonchev–Trinajstić information content (AvgIpc) is 4.01. The van der Waals surface area contributed by atoms with E-state index in [2.05, 4.69) is 30.6 Å². The summed E-state index contributed by atoms with van der Waals surface area (Å²) in [4.78, 5) is 69.0. The number of anilines is 2. The number of nitrogens with zero attached hydrogens (tertiary/aromatic N) is 8. The number of carbonyl (C=O) groups excluding carboxylic acids is 2. The van der Waals surface area contributed by atoms with Gasteiger partial charge in [-0.15, -0.1) is 23.1 Å². The molecule has 0 radical (unpaired) electrons. The summed E-state index contributed by atoms with van der Waals surface area (Å²) in [6.07, 6.45) is 6.58. The number of aromatic carboxylic acids is 2. The van der Waals surface area contributed by atoms with Gasteiger partial charge in [0.1, 0.15) is 16.1 Å². The molecule has 332 valence electrons. The number of nitrogens with one attached hydrogen (secondary N) is 2. The van der Waals surface area contributed by atoms with Crippen molar-refractivity contribution in [1.82, 2.24) is 38.8 Å². The molecule has 0 unspecified atom stereocenters. The van der Waals surface area contributed by atoms with E-state index in [0.717, 1.165) is 24.6 Å². The van der Waals surface area contributed by atoms with E-state index < -0.39 is 29.6 Å². The second-order valence-electron chi connectivity index (χ2n) is 14.6. The third-order valence-electron chi connectivity index (χ3n) is 10.4. The molecule has 21 heteroatoms. The maximum Gasteiger partial charge on any atom is 0.335 e. The third-order valence-corrected chi connectivity index (χ3v) is 12.2. The van der Waals surface area contributed by atoms with Crippen LogP contribution >= 0.6 is 23.1 Å². The molecule has 4 aromatic heterocycles. The van der Waals surface area contributed by atoms with Gasteiger partial charge in [-0.2, -0.15) is 5.10 Å². The van der Waals surface area contributed by atoms with Crippen LogP contribution in [0.4, 0.5) is 16.3 Å². The summed E-state index contributed by atoms with van der Waals surface area (Å²) in [7, 11) is 0. The molecule has 0 bridgehead atoms. The Balaban J connectivity index is 1.26. The van der Waals surface area contributed by atoms with E-state index >= 15 is 4.39 Å². The molecule has 6 aromatic rings. The van der Waals surface area contributed by atoms with E-state index in [1.165, 1.54) is 59.0 Å². The minimum absolute atomic E-state index is 0.00179. The molecule has 63 heavy (non-hydrogen) atoms. The highest BCUT2D eigenvalue weighted by atomic mass is 32.2. The first kappa shape index (κ1) is 44.9. The Hall–Kier alpha value is -6.16. The minimum Gasteiger partial charge on any atom is -0.491 e. The molecule has 4 N–H and O–H groups in total. The fourth-order valence-electron chi connectivity index (χ4n) is 7.39. The summed E-state index contributed by atoms with van der Waals surface area (Å²) in [5, 5.41) is 30.4. The minimum atomic E-state index is -1.17. The van der Waals surface area contributed by atoms with E-state index in [9.17, 15) is 29.4 Å². The Morgan fingerprint density at radius 3 is 2.14 bits per heavy atom. The normalized spacial score (nSPS) is 13.4. The monoisotopic (exact) mass is 902 g/mol. The van der Waals surface area contributed by atoms with Gasteiger partial charge in [0.25, 0.3) is 11.8 Å². The number of thiazole rings is 1. The summed E-state index contributed by atoms with van der Waals surface area (Å²) in [6, 6.07) is 5.81. The predicted octanol–water partition coefficient (Wildman–Crippen LogP) is 6.36. The van der Waals surface area contributed by atoms with Crippen molar-refractivity contribution >= 4 is 80.8 Å². The van der Waals surface area contributed by atoms with Gasteiger partial charge in [-0.3, -0.25) is 29.8 Å². The zero-order chi connectivity index (χ0) is 44.9. The second-order valence-corrected chi connectivity index (χ2v) is 16.6. The number of aromatic nitrogens is 7. The maximum absolute atomic E-state index is 15.2. The summed E-state index contributed by atoms with van der Waals surface area (Å²) >= 11 is 2.56. The fourth-order valence-corrected chi connectivity index (χ4v) is 8.94. The number of hydrogen-bond donors (Lipinski definition) is 4. The van der Waals surface area contributed by atoms with E-state index in [1.54, 1.807) is 34.5 Å². The Morgan fingerprint density at radius 1 is 0.905 bits per heavy atom.